The zero-order valence-corrected chi connectivity index (χ0v) is 18.1. The van der Waals surface area contributed by atoms with E-state index in [4.69, 9.17) is 9.47 Å². The summed E-state index contributed by atoms with van der Waals surface area (Å²) in [5, 5.41) is 0. The molecule has 1 aromatic carbocycles. The van der Waals surface area contributed by atoms with Crippen molar-refractivity contribution in [3.8, 4) is 11.8 Å². The highest BCUT2D eigenvalue weighted by molar-refractivity contribution is 5.39. The van der Waals surface area contributed by atoms with Crippen molar-refractivity contribution < 1.29 is 18.3 Å². The van der Waals surface area contributed by atoms with Gasteiger partial charge in [0.05, 0.1) is 18.8 Å². The standard InChI is InChI=1S/C26H34F2O2/c1-3-5-6-22-17-29-26(30-18-22)14-12-21-15-24(27)23(25(28)16-21)13-11-20-9-7-19(4-2)8-10-20/h3,15-16,19-20,22,26H,1,4-10,12,14,17-18H2,2H3. The van der Waals surface area contributed by atoms with Crippen molar-refractivity contribution in [1.29, 1.82) is 0 Å². The molecule has 164 valence electrons. The van der Waals surface area contributed by atoms with Gasteiger partial charge in [0.25, 0.3) is 0 Å². The number of allylic oxidation sites excluding steroid dienone is 1. The number of ether oxygens (including phenoxy) is 2. The lowest BCUT2D eigenvalue weighted by atomic mass is 9.81. The Morgan fingerprint density at radius 3 is 2.30 bits per heavy atom. The summed E-state index contributed by atoms with van der Waals surface area (Å²) in [6.07, 6.45) is 10.2. The highest BCUT2D eigenvalue weighted by Gasteiger charge is 2.22. The van der Waals surface area contributed by atoms with Crippen molar-refractivity contribution in [3.63, 3.8) is 0 Å². The largest absolute Gasteiger partial charge is 0.352 e. The van der Waals surface area contributed by atoms with E-state index in [2.05, 4.69) is 25.3 Å². The Morgan fingerprint density at radius 1 is 1.03 bits per heavy atom. The van der Waals surface area contributed by atoms with Crippen molar-refractivity contribution in [2.45, 2.75) is 71.0 Å². The molecule has 1 aliphatic carbocycles. The Morgan fingerprint density at radius 2 is 1.70 bits per heavy atom. The zero-order valence-electron chi connectivity index (χ0n) is 18.1. The molecule has 0 N–H and O–H groups in total. The van der Waals surface area contributed by atoms with Crippen LogP contribution in [-0.4, -0.2) is 19.5 Å². The van der Waals surface area contributed by atoms with Crippen LogP contribution in [0.25, 0.3) is 0 Å². The second-order valence-corrected chi connectivity index (χ2v) is 8.70. The molecule has 1 saturated heterocycles. The van der Waals surface area contributed by atoms with Crippen molar-refractivity contribution in [1.82, 2.24) is 0 Å². The fourth-order valence-electron chi connectivity index (χ4n) is 4.33. The van der Waals surface area contributed by atoms with Gasteiger partial charge < -0.3 is 9.47 Å². The summed E-state index contributed by atoms with van der Waals surface area (Å²) >= 11 is 0. The molecule has 2 nitrogen and oxygen atoms in total. The van der Waals surface area contributed by atoms with Crippen LogP contribution in [0, 0.1) is 41.2 Å². The highest BCUT2D eigenvalue weighted by Crippen LogP contribution is 2.30. The predicted octanol–water partition coefficient (Wildman–Crippen LogP) is 6.42. The first kappa shape index (κ1) is 23.0. The summed E-state index contributed by atoms with van der Waals surface area (Å²) in [7, 11) is 0. The number of aryl methyl sites for hydroxylation is 1. The third-order valence-corrected chi connectivity index (χ3v) is 6.41. The SMILES string of the molecule is C=CCCC1COC(CCc2cc(F)c(C#CC3CCC(CC)CC3)c(F)c2)OC1. The van der Waals surface area contributed by atoms with Crippen molar-refractivity contribution in [2.24, 2.45) is 17.8 Å². The van der Waals surface area contributed by atoms with Crippen molar-refractivity contribution in [2.75, 3.05) is 13.2 Å². The summed E-state index contributed by atoms with van der Waals surface area (Å²) in [5.74, 6) is 6.17. The first-order chi connectivity index (χ1) is 14.6. The molecule has 0 atom stereocenters. The minimum absolute atomic E-state index is 0.105. The minimum atomic E-state index is -0.574. The number of halogens is 2. The van der Waals surface area contributed by atoms with Crippen molar-refractivity contribution >= 4 is 0 Å². The van der Waals surface area contributed by atoms with E-state index in [0.717, 1.165) is 31.6 Å². The molecular weight excluding hydrogens is 382 g/mol. The third kappa shape index (κ3) is 6.65. The van der Waals surface area contributed by atoms with Crippen LogP contribution < -0.4 is 0 Å². The maximum Gasteiger partial charge on any atom is 0.157 e. The molecule has 1 saturated carbocycles. The predicted molar refractivity (Wildman–Crippen MR) is 116 cm³/mol. The number of hydrogen-bond acceptors (Lipinski definition) is 2. The van der Waals surface area contributed by atoms with Crippen LogP contribution in [-0.2, 0) is 15.9 Å². The number of rotatable bonds is 7. The van der Waals surface area contributed by atoms with Crippen LogP contribution in [0.5, 0.6) is 0 Å². The van der Waals surface area contributed by atoms with Crippen LogP contribution >= 0.6 is 0 Å². The van der Waals surface area contributed by atoms with E-state index in [1.165, 1.54) is 31.4 Å². The molecule has 1 aromatic rings. The van der Waals surface area contributed by atoms with E-state index in [-0.39, 0.29) is 17.8 Å². The fourth-order valence-corrected chi connectivity index (χ4v) is 4.33. The van der Waals surface area contributed by atoms with Crippen LogP contribution in [0.15, 0.2) is 24.8 Å². The van der Waals surface area contributed by atoms with E-state index in [0.29, 0.717) is 37.5 Å². The topological polar surface area (TPSA) is 18.5 Å². The van der Waals surface area contributed by atoms with Crippen LogP contribution in [0.2, 0.25) is 0 Å². The molecule has 0 aromatic heterocycles. The maximum absolute atomic E-state index is 14.5. The van der Waals surface area contributed by atoms with E-state index in [1.807, 2.05) is 6.08 Å². The second kappa shape index (κ2) is 11.6. The van der Waals surface area contributed by atoms with Gasteiger partial charge in [-0.2, -0.15) is 0 Å². The molecule has 1 aliphatic heterocycles. The molecule has 2 aliphatic rings. The van der Waals surface area contributed by atoms with Gasteiger partial charge in [-0.3, -0.25) is 0 Å². The van der Waals surface area contributed by atoms with Gasteiger partial charge in [0.15, 0.2) is 6.29 Å². The molecule has 0 amide bonds. The van der Waals surface area contributed by atoms with Gasteiger partial charge >= 0.3 is 0 Å². The Balaban J connectivity index is 1.50. The summed E-state index contributed by atoms with van der Waals surface area (Å²) in [6, 6.07) is 2.80. The molecule has 30 heavy (non-hydrogen) atoms. The fraction of sp³-hybridized carbons (Fsp3) is 0.615. The average molecular weight is 417 g/mol. The summed E-state index contributed by atoms with van der Waals surface area (Å²) < 4.78 is 40.5. The lowest BCUT2D eigenvalue weighted by Gasteiger charge is -2.29. The van der Waals surface area contributed by atoms with E-state index in [9.17, 15) is 8.78 Å². The van der Waals surface area contributed by atoms with Crippen LogP contribution in [0.1, 0.15) is 69.4 Å². The molecule has 0 unspecified atom stereocenters. The molecular formula is C26H34F2O2. The van der Waals surface area contributed by atoms with Gasteiger partial charge in [0.2, 0.25) is 0 Å². The molecule has 0 spiro atoms. The lowest BCUT2D eigenvalue weighted by Crippen LogP contribution is -2.32. The molecule has 4 heteroatoms. The molecule has 0 radical (unpaired) electrons. The Hall–Kier alpha value is -1.70. The minimum Gasteiger partial charge on any atom is -0.352 e. The smallest absolute Gasteiger partial charge is 0.157 e. The van der Waals surface area contributed by atoms with E-state index < -0.39 is 11.6 Å². The third-order valence-electron chi connectivity index (χ3n) is 6.41. The van der Waals surface area contributed by atoms with Gasteiger partial charge in [-0.1, -0.05) is 31.3 Å². The van der Waals surface area contributed by atoms with Crippen molar-refractivity contribution in [3.05, 3.63) is 47.5 Å². The maximum atomic E-state index is 14.5. The van der Waals surface area contributed by atoms with Gasteiger partial charge in [0, 0.05) is 18.3 Å². The van der Waals surface area contributed by atoms with E-state index >= 15 is 0 Å². The molecule has 2 fully saturated rings. The normalized spacial score (nSPS) is 26.6. The second-order valence-electron chi connectivity index (χ2n) is 8.70. The Bertz CT molecular complexity index is 725. The summed E-state index contributed by atoms with van der Waals surface area (Å²) in [5.41, 5.74) is 0.506. The highest BCUT2D eigenvalue weighted by atomic mass is 19.1. The number of benzene rings is 1. The van der Waals surface area contributed by atoms with Gasteiger partial charge in [0.1, 0.15) is 11.6 Å². The average Bonchev–Trinajstić information content (AvgIpc) is 2.77. The Kier molecular flexibility index (Phi) is 8.90. The Labute approximate surface area is 180 Å². The van der Waals surface area contributed by atoms with Gasteiger partial charge in [-0.15, -0.1) is 6.58 Å². The monoisotopic (exact) mass is 416 g/mol. The molecule has 1 heterocycles. The first-order valence-corrected chi connectivity index (χ1v) is 11.4. The van der Waals surface area contributed by atoms with Crippen LogP contribution in [0.4, 0.5) is 8.78 Å². The lowest BCUT2D eigenvalue weighted by molar-refractivity contribution is -0.203. The quantitative estimate of drug-likeness (QED) is 0.377. The number of hydrogen-bond donors (Lipinski definition) is 0. The molecule has 0 bridgehead atoms. The summed E-state index contributed by atoms with van der Waals surface area (Å²) in [6.45, 7) is 7.28. The molecule has 3 rings (SSSR count). The van der Waals surface area contributed by atoms with E-state index in [1.54, 1.807) is 0 Å². The van der Waals surface area contributed by atoms with Gasteiger partial charge in [-0.25, -0.2) is 8.78 Å². The van der Waals surface area contributed by atoms with Crippen LogP contribution in [0.3, 0.4) is 0 Å². The first-order valence-electron chi connectivity index (χ1n) is 11.4. The zero-order chi connectivity index (χ0) is 21.3. The summed E-state index contributed by atoms with van der Waals surface area (Å²) in [4.78, 5) is 0. The van der Waals surface area contributed by atoms with Gasteiger partial charge in [-0.05, 0) is 68.6 Å².